The highest BCUT2D eigenvalue weighted by atomic mass is 32.2. The van der Waals surface area contributed by atoms with Crippen molar-refractivity contribution in [1.29, 1.82) is 5.41 Å². The van der Waals surface area contributed by atoms with Gasteiger partial charge in [-0.1, -0.05) is 0 Å². The van der Waals surface area contributed by atoms with Gasteiger partial charge in [-0.05, 0) is 18.9 Å². The fourth-order valence-corrected chi connectivity index (χ4v) is 3.79. The first-order valence-corrected chi connectivity index (χ1v) is 7.92. The summed E-state index contributed by atoms with van der Waals surface area (Å²) >= 11 is 0. The van der Waals surface area contributed by atoms with Crippen LogP contribution >= 0.6 is 0 Å². The topological polar surface area (TPSA) is 117 Å². The standard InChI is InChI=1S/C11H20N6O2S/c1-16-11(2-5-14-16)20(18,19)15-9-3-6-17(7-4-9)8-10(12)13/h2,5,9,15H,3-4,6-8H2,1H3,(H3,12,13). The second kappa shape index (κ2) is 5.90. The van der Waals surface area contributed by atoms with Crippen LogP contribution in [0, 0.1) is 5.41 Å². The summed E-state index contributed by atoms with van der Waals surface area (Å²) in [5, 5.41) is 11.3. The molecule has 9 heteroatoms. The van der Waals surface area contributed by atoms with Crippen molar-refractivity contribution >= 4 is 15.9 Å². The lowest BCUT2D eigenvalue weighted by molar-refractivity contribution is 0.231. The summed E-state index contributed by atoms with van der Waals surface area (Å²) in [6, 6.07) is 1.39. The summed E-state index contributed by atoms with van der Waals surface area (Å²) in [7, 11) is -1.92. The van der Waals surface area contributed by atoms with Crippen LogP contribution in [0.25, 0.3) is 0 Å². The van der Waals surface area contributed by atoms with Crippen molar-refractivity contribution < 1.29 is 8.42 Å². The van der Waals surface area contributed by atoms with Crippen molar-refractivity contribution in [2.24, 2.45) is 12.8 Å². The van der Waals surface area contributed by atoms with Gasteiger partial charge in [0, 0.05) is 26.2 Å². The van der Waals surface area contributed by atoms with Gasteiger partial charge < -0.3 is 5.73 Å². The molecule has 1 aromatic rings. The largest absolute Gasteiger partial charge is 0.387 e. The lowest BCUT2D eigenvalue weighted by Gasteiger charge is -2.31. The molecule has 0 aromatic carbocycles. The molecule has 112 valence electrons. The van der Waals surface area contributed by atoms with E-state index >= 15 is 0 Å². The Kier molecular flexibility index (Phi) is 4.41. The van der Waals surface area contributed by atoms with Gasteiger partial charge in [0.1, 0.15) is 5.84 Å². The lowest BCUT2D eigenvalue weighted by Crippen LogP contribution is -2.46. The monoisotopic (exact) mass is 300 g/mol. The summed E-state index contributed by atoms with van der Waals surface area (Å²) in [5.74, 6) is 0.138. The van der Waals surface area contributed by atoms with Crippen LogP contribution in [0.3, 0.4) is 0 Å². The Morgan fingerprint density at radius 1 is 1.55 bits per heavy atom. The number of likely N-dealkylation sites (tertiary alicyclic amines) is 1. The quantitative estimate of drug-likeness (QED) is 0.481. The van der Waals surface area contributed by atoms with Gasteiger partial charge in [-0.3, -0.25) is 15.0 Å². The summed E-state index contributed by atoms with van der Waals surface area (Å²) in [4.78, 5) is 2.05. The minimum Gasteiger partial charge on any atom is -0.387 e. The van der Waals surface area contributed by atoms with E-state index in [-0.39, 0.29) is 16.9 Å². The molecule has 0 unspecified atom stereocenters. The number of aromatic nitrogens is 2. The van der Waals surface area contributed by atoms with E-state index in [4.69, 9.17) is 11.1 Å². The lowest BCUT2D eigenvalue weighted by atomic mass is 10.1. The predicted octanol–water partition coefficient (Wildman–Crippen LogP) is -0.901. The van der Waals surface area contributed by atoms with E-state index < -0.39 is 10.0 Å². The third-order valence-electron chi connectivity index (χ3n) is 3.35. The van der Waals surface area contributed by atoms with E-state index in [1.165, 1.54) is 16.9 Å². The van der Waals surface area contributed by atoms with Gasteiger partial charge in [0.25, 0.3) is 10.0 Å². The molecule has 1 fully saturated rings. The van der Waals surface area contributed by atoms with E-state index in [1.807, 2.05) is 0 Å². The first-order valence-electron chi connectivity index (χ1n) is 6.44. The number of rotatable bonds is 5. The minimum atomic E-state index is -3.52. The molecule has 0 radical (unpaired) electrons. The van der Waals surface area contributed by atoms with E-state index in [2.05, 4.69) is 14.7 Å². The van der Waals surface area contributed by atoms with Crippen LogP contribution in [-0.2, 0) is 17.1 Å². The molecule has 0 atom stereocenters. The van der Waals surface area contributed by atoms with Crippen LogP contribution < -0.4 is 10.5 Å². The third kappa shape index (κ3) is 3.56. The minimum absolute atomic E-state index is 0.0851. The number of hydrogen-bond donors (Lipinski definition) is 3. The van der Waals surface area contributed by atoms with Crippen molar-refractivity contribution in [3.05, 3.63) is 12.3 Å². The maximum atomic E-state index is 12.2. The highest BCUT2D eigenvalue weighted by Crippen LogP contribution is 2.14. The Morgan fingerprint density at radius 3 is 2.70 bits per heavy atom. The summed E-state index contributed by atoms with van der Waals surface area (Å²) in [6.45, 7) is 1.91. The highest BCUT2D eigenvalue weighted by molar-refractivity contribution is 7.89. The zero-order chi connectivity index (χ0) is 14.8. The van der Waals surface area contributed by atoms with Crippen molar-refractivity contribution in [2.45, 2.75) is 23.9 Å². The number of amidine groups is 1. The fraction of sp³-hybridized carbons (Fsp3) is 0.636. The van der Waals surface area contributed by atoms with Crippen molar-refractivity contribution in [2.75, 3.05) is 19.6 Å². The molecule has 0 spiro atoms. The molecule has 0 bridgehead atoms. The van der Waals surface area contributed by atoms with E-state index in [0.29, 0.717) is 19.4 Å². The molecule has 0 saturated carbocycles. The number of sulfonamides is 1. The van der Waals surface area contributed by atoms with E-state index in [1.54, 1.807) is 7.05 Å². The zero-order valence-electron chi connectivity index (χ0n) is 11.4. The van der Waals surface area contributed by atoms with Gasteiger partial charge in [0.15, 0.2) is 5.03 Å². The van der Waals surface area contributed by atoms with Crippen LogP contribution in [0.4, 0.5) is 0 Å². The fourth-order valence-electron chi connectivity index (χ4n) is 2.35. The molecule has 20 heavy (non-hydrogen) atoms. The van der Waals surface area contributed by atoms with Gasteiger partial charge in [-0.2, -0.15) is 5.10 Å². The van der Waals surface area contributed by atoms with Crippen LogP contribution in [0.1, 0.15) is 12.8 Å². The Labute approximate surface area is 118 Å². The smallest absolute Gasteiger partial charge is 0.257 e. The van der Waals surface area contributed by atoms with Crippen LogP contribution in [-0.4, -0.2) is 54.6 Å². The van der Waals surface area contributed by atoms with Crippen LogP contribution in [0.5, 0.6) is 0 Å². The van der Waals surface area contributed by atoms with Gasteiger partial charge >= 0.3 is 0 Å². The number of hydrogen-bond acceptors (Lipinski definition) is 5. The molecule has 1 aliphatic rings. The average molecular weight is 300 g/mol. The second-order valence-electron chi connectivity index (χ2n) is 4.99. The maximum absolute atomic E-state index is 12.2. The normalized spacial score (nSPS) is 18.2. The van der Waals surface area contributed by atoms with Crippen molar-refractivity contribution in [3.8, 4) is 0 Å². The summed E-state index contributed by atoms with van der Waals surface area (Å²) in [5.41, 5.74) is 5.36. The van der Waals surface area contributed by atoms with E-state index in [0.717, 1.165) is 13.1 Å². The summed E-state index contributed by atoms with van der Waals surface area (Å²) in [6.07, 6.45) is 2.89. The summed E-state index contributed by atoms with van der Waals surface area (Å²) < 4.78 is 28.5. The first kappa shape index (κ1) is 14.9. The van der Waals surface area contributed by atoms with Crippen molar-refractivity contribution in [3.63, 3.8) is 0 Å². The van der Waals surface area contributed by atoms with Gasteiger partial charge in [-0.25, -0.2) is 13.1 Å². The molecule has 1 saturated heterocycles. The molecule has 1 aliphatic heterocycles. The van der Waals surface area contributed by atoms with Gasteiger partial charge in [0.2, 0.25) is 0 Å². The Bertz CT molecular complexity index is 573. The Morgan fingerprint density at radius 2 is 2.20 bits per heavy atom. The highest BCUT2D eigenvalue weighted by Gasteiger charge is 2.26. The van der Waals surface area contributed by atoms with Crippen LogP contribution in [0.15, 0.2) is 17.3 Å². The molecule has 1 aromatic heterocycles. The molecular weight excluding hydrogens is 280 g/mol. The average Bonchev–Trinajstić information content (AvgIpc) is 2.78. The SMILES string of the molecule is Cn1nccc1S(=O)(=O)NC1CCN(CC(=N)N)CC1. The first-order chi connectivity index (χ1) is 9.38. The van der Waals surface area contributed by atoms with Gasteiger partial charge in [-0.15, -0.1) is 0 Å². The number of aryl methyl sites for hydroxylation is 1. The number of nitrogens with two attached hydrogens (primary N) is 1. The molecule has 8 nitrogen and oxygen atoms in total. The van der Waals surface area contributed by atoms with Crippen molar-refractivity contribution in [1.82, 2.24) is 19.4 Å². The molecule has 0 amide bonds. The number of piperidine rings is 1. The maximum Gasteiger partial charge on any atom is 0.257 e. The third-order valence-corrected chi connectivity index (χ3v) is 4.95. The van der Waals surface area contributed by atoms with Crippen LogP contribution in [0.2, 0.25) is 0 Å². The molecular formula is C11H20N6O2S. The molecule has 0 aliphatic carbocycles. The number of nitrogens with zero attached hydrogens (tertiary/aromatic N) is 3. The Hall–Kier alpha value is -1.45. The van der Waals surface area contributed by atoms with Gasteiger partial charge in [0.05, 0.1) is 12.7 Å². The number of nitrogens with one attached hydrogen (secondary N) is 2. The molecule has 4 N–H and O–H groups in total. The van der Waals surface area contributed by atoms with E-state index in [9.17, 15) is 8.42 Å². The predicted molar refractivity (Wildman–Crippen MR) is 74.9 cm³/mol. The zero-order valence-corrected chi connectivity index (χ0v) is 12.2. The molecule has 2 rings (SSSR count). The Balaban J connectivity index is 1.93. The second-order valence-corrected chi connectivity index (χ2v) is 6.65. The molecule has 2 heterocycles.